The van der Waals surface area contributed by atoms with E-state index in [2.05, 4.69) is 5.32 Å². The van der Waals surface area contributed by atoms with Crippen molar-refractivity contribution in [3.05, 3.63) is 58.0 Å². The Bertz CT molecular complexity index is 1350. The van der Waals surface area contributed by atoms with Crippen LogP contribution < -0.4 is 11.0 Å². The number of fused-ring (bicyclic) bond motifs is 1. The van der Waals surface area contributed by atoms with Gasteiger partial charge in [-0.3, -0.25) is 13.9 Å². The fourth-order valence-corrected chi connectivity index (χ4v) is 4.43. The van der Waals surface area contributed by atoms with Gasteiger partial charge in [0.25, 0.3) is 5.91 Å². The highest BCUT2D eigenvalue weighted by molar-refractivity contribution is 7.92. The van der Waals surface area contributed by atoms with Crippen molar-refractivity contribution >= 4 is 32.5 Å². The fourth-order valence-electron chi connectivity index (χ4n) is 3.23. The minimum absolute atomic E-state index is 0.204. The molecule has 31 heavy (non-hydrogen) atoms. The maximum absolute atomic E-state index is 13.3. The number of hydrogen-bond acceptors (Lipinski definition) is 4. The minimum Gasteiger partial charge on any atom is -0.321 e. The van der Waals surface area contributed by atoms with E-state index >= 15 is 0 Å². The van der Waals surface area contributed by atoms with Crippen LogP contribution in [0.1, 0.15) is 29.8 Å². The zero-order chi connectivity index (χ0) is 23.3. The van der Waals surface area contributed by atoms with E-state index in [4.69, 9.17) is 0 Å². The first-order valence-electron chi connectivity index (χ1n) is 9.17. The number of benzene rings is 2. The van der Waals surface area contributed by atoms with E-state index in [9.17, 15) is 31.2 Å². The molecule has 11 heteroatoms. The zero-order valence-electron chi connectivity index (χ0n) is 17.1. The quantitative estimate of drug-likeness (QED) is 0.654. The molecule has 0 unspecified atom stereocenters. The van der Waals surface area contributed by atoms with Crippen LogP contribution in [0.25, 0.3) is 11.0 Å². The van der Waals surface area contributed by atoms with Crippen LogP contribution in [0.5, 0.6) is 0 Å². The molecule has 0 aliphatic heterocycles. The Kier molecular flexibility index (Phi) is 5.51. The highest BCUT2D eigenvalue weighted by Gasteiger charge is 2.35. The third-order valence-electron chi connectivity index (χ3n) is 5.03. The van der Waals surface area contributed by atoms with E-state index in [1.165, 1.54) is 55.3 Å². The molecular formula is C20H20F3N3O4S. The van der Waals surface area contributed by atoms with Gasteiger partial charge in [-0.1, -0.05) is 12.1 Å². The van der Waals surface area contributed by atoms with Gasteiger partial charge >= 0.3 is 11.9 Å². The number of amides is 1. The van der Waals surface area contributed by atoms with Crippen molar-refractivity contribution in [3.8, 4) is 0 Å². The molecule has 0 spiro atoms. The van der Waals surface area contributed by atoms with Crippen molar-refractivity contribution in [2.24, 2.45) is 14.1 Å². The van der Waals surface area contributed by atoms with Crippen LogP contribution >= 0.6 is 0 Å². The molecule has 0 atom stereocenters. The van der Waals surface area contributed by atoms with Gasteiger partial charge in [0.1, 0.15) is 0 Å². The van der Waals surface area contributed by atoms with Crippen LogP contribution in [0, 0.1) is 0 Å². The average Bonchev–Trinajstić information content (AvgIpc) is 2.90. The lowest BCUT2D eigenvalue weighted by Crippen LogP contribution is -2.21. The molecule has 0 bridgehead atoms. The maximum Gasteiger partial charge on any atom is 0.417 e. The van der Waals surface area contributed by atoms with Crippen molar-refractivity contribution in [2.45, 2.75) is 30.2 Å². The number of aromatic nitrogens is 2. The Balaban J connectivity index is 2.24. The smallest absolute Gasteiger partial charge is 0.321 e. The van der Waals surface area contributed by atoms with Gasteiger partial charge in [0, 0.05) is 14.1 Å². The van der Waals surface area contributed by atoms with Crippen molar-refractivity contribution in [2.75, 3.05) is 5.32 Å². The molecule has 2 aromatic carbocycles. The summed E-state index contributed by atoms with van der Waals surface area (Å²) in [7, 11) is -1.02. The maximum atomic E-state index is 13.3. The first-order chi connectivity index (χ1) is 14.3. The summed E-state index contributed by atoms with van der Waals surface area (Å²) in [4.78, 5) is 24.7. The summed E-state index contributed by atoms with van der Waals surface area (Å²) >= 11 is 0. The third-order valence-corrected chi connectivity index (χ3v) is 7.22. The SMILES string of the molecule is CC(C)S(=O)(=O)c1cc2c(cc1NC(=O)c1ccccc1C(F)(F)F)n(C)c(=O)n2C. The highest BCUT2D eigenvalue weighted by atomic mass is 32.2. The molecule has 1 N–H and O–H groups in total. The molecule has 1 heterocycles. The lowest BCUT2D eigenvalue weighted by atomic mass is 10.1. The predicted molar refractivity (Wildman–Crippen MR) is 110 cm³/mol. The number of nitrogens with one attached hydrogen (secondary N) is 1. The molecule has 7 nitrogen and oxygen atoms in total. The number of halogens is 3. The molecule has 3 rings (SSSR count). The molecule has 0 aliphatic rings. The summed E-state index contributed by atoms with van der Waals surface area (Å²) in [5, 5.41) is 1.43. The minimum atomic E-state index is -4.77. The zero-order valence-corrected chi connectivity index (χ0v) is 17.9. The van der Waals surface area contributed by atoms with Crippen LogP contribution in [-0.4, -0.2) is 28.7 Å². The van der Waals surface area contributed by atoms with Crippen molar-refractivity contribution in [1.82, 2.24) is 9.13 Å². The normalized spacial score (nSPS) is 12.5. The first kappa shape index (κ1) is 22.6. The van der Waals surface area contributed by atoms with Crippen LogP contribution in [-0.2, 0) is 30.1 Å². The average molecular weight is 455 g/mol. The van der Waals surface area contributed by atoms with Gasteiger partial charge in [-0.25, -0.2) is 13.2 Å². The van der Waals surface area contributed by atoms with Crippen LogP contribution in [0.15, 0.2) is 46.1 Å². The second kappa shape index (κ2) is 7.56. The Hall–Kier alpha value is -3.08. The Morgan fingerprint density at radius 2 is 1.58 bits per heavy atom. The summed E-state index contributed by atoms with van der Waals surface area (Å²) in [6.45, 7) is 2.88. The molecular weight excluding hydrogens is 435 g/mol. The molecule has 0 aliphatic carbocycles. The third kappa shape index (κ3) is 3.85. The number of anilines is 1. The van der Waals surface area contributed by atoms with Crippen LogP contribution in [0.3, 0.4) is 0 Å². The second-order valence-electron chi connectivity index (χ2n) is 7.33. The number of alkyl halides is 3. The van der Waals surface area contributed by atoms with Gasteiger partial charge in [0.2, 0.25) is 0 Å². The molecule has 3 aromatic rings. The van der Waals surface area contributed by atoms with Crippen LogP contribution in [0.2, 0.25) is 0 Å². The van der Waals surface area contributed by atoms with E-state index in [1.807, 2.05) is 0 Å². The lowest BCUT2D eigenvalue weighted by molar-refractivity contribution is -0.137. The monoisotopic (exact) mass is 455 g/mol. The van der Waals surface area contributed by atoms with Gasteiger partial charge in [-0.05, 0) is 38.1 Å². The largest absolute Gasteiger partial charge is 0.417 e. The summed E-state index contributed by atoms with van der Waals surface area (Å²) in [5.41, 5.74) is -1.80. The number of nitrogens with zero attached hydrogens (tertiary/aromatic N) is 2. The van der Waals surface area contributed by atoms with Crippen LogP contribution in [0.4, 0.5) is 18.9 Å². The molecule has 1 amide bonds. The summed E-state index contributed by atoms with van der Waals surface area (Å²) < 4.78 is 68.3. The Morgan fingerprint density at radius 3 is 2.13 bits per heavy atom. The lowest BCUT2D eigenvalue weighted by Gasteiger charge is -2.16. The Labute approximate surface area is 176 Å². The summed E-state index contributed by atoms with van der Waals surface area (Å²) in [6.07, 6.45) is -4.77. The molecule has 1 aromatic heterocycles. The van der Waals surface area contributed by atoms with Crippen molar-refractivity contribution < 1.29 is 26.4 Å². The number of carbonyl (C=O) groups excluding carboxylic acids is 1. The molecule has 166 valence electrons. The van der Waals surface area contributed by atoms with E-state index in [0.717, 1.165) is 18.2 Å². The second-order valence-corrected chi connectivity index (χ2v) is 9.80. The predicted octanol–water partition coefficient (Wildman–Crippen LogP) is 3.33. The van der Waals surface area contributed by atoms with Gasteiger partial charge in [0.05, 0.1) is 38.0 Å². The number of aryl methyl sites for hydroxylation is 2. The van der Waals surface area contributed by atoms with Crippen molar-refractivity contribution in [3.63, 3.8) is 0 Å². The molecule has 0 saturated heterocycles. The number of carbonyl (C=O) groups is 1. The van der Waals surface area contributed by atoms with Gasteiger partial charge < -0.3 is 5.32 Å². The van der Waals surface area contributed by atoms with Crippen molar-refractivity contribution in [1.29, 1.82) is 0 Å². The van der Waals surface area contributed by atoms with Gasteiger partial charge in [0.15, 0.2) is 9.84 Å². The molecule has 0 saturated carbocycles. The van der Waals surface area contributed by atoms with E-state index < -0.39 is 44.0 Å². The number of hydrogen-bond donors (Lipinski definition) is 1. The molecule has 0 radical (unpaired) electrons. The first-order valence-corrected chi connectivity index (χ1v) is 10.7. The summed E-state index contributed by atoms with van der Waals surface area (Å²) in [5.74, 6) is -1.12. The highest BCUT2D eigenvalue weighted by Crippen LogP contribution is 2.34. The van der Waals surface area contributed by atoms with E-state index in [1.54, 1.807) is 0 Å². The molecule has 0 fully saturated rings. The Morgan fingerprint density at radius 1 is 1.03 bits per heavy atom. The van der Waals surface area contributed by atoms with E-state index in [0.29, 0.717) is 11.0 Å². The number of imidazole rings is 1. The van der Waals surface area contributed by atoms with E-state index in [-0.39, 0.29) is 10.6 Å². The standard InChI is InChI=1S/C20H20F3N3O4S/c1-11(2)31(29,30)17-10-16-15(25(3)19(28)26(16)4)9-14(17)24-18(27)12-7-5-6-8-13(12)20(21,22)23/h5-11H,1-4H3,(H,24,27). The number of sulfone groups is 1. The van der Waals surface area contributed by atoms with Gasteiger partial charge in [-0.2, -0.15) is 13.2 Å². The van der Waals surface area contributed by atoms with Gasteiger partial charge in [-0.15, -0.1) is 0 Å². The number of rotatable bonds is 4. The summed E-state index contributed by atoms with van der Waals surface area (Å²) in [6, 6.07) is 6.73. The fraction of sp³-hybridized carbons (Fsp3) is 0.300. The topological polar surface area (TPSA) is 90.2 Å².